The number of hydrogen-bond donors (Lipinski definition) is 4. The predicted molar refractivity (Wildman–Crippen MR) is 109 cm³/mol. The molecule has 0 saturated carbocycles. The molecule has 1 aromatic heterocycles. The number of carbonyl (C=O) groups excluding carboxylic acids is 1. The van der Waals surface area contributed by atoms with Crippen molar-refractivity contribution in [2.75, 3.05) is 18.5 Å². The van der Waals surface area contributed by atoms with E-state index in [1.165, 1.54) is 15.7 Å². The zero-order valence-electron chi connectivity index (χ0n) is 16.2. The minimum Gasteiger partial charge on any atom is -0.391 e. The van der Waals surface area contributed by atoms with E-state index in [-0.39, 0.29) is 49.0 Å². The molecule has 0 spiro atoms. The van der Waals surface area contributed by atoms with Crippen molar-refractivity contribution >= 4 is 17.7 Å². The minimum absolute atomic E-state index is 0.102. The van der Waals surface area contributed by atoms with Gasteiger partial charge in [0.1, 0.15) is 13.2 Å². The van der Waals surface area contributed by atoms with Crippen LogP contribution in [-0.2, 0) is 29.0 Å². The first-order valence-corrected chi connectivity index (χ1v) is 9.31. The summed E-state index contributed by atoms with van der Waals surface area (Å²) in [7, 11) is 0. The van der Waals surface area contributed by atoms with Crippen LogP contribution in [0.1, 0.15) is 16.8 Å². The Morgan fingerprint density at radius 2 is 2.00 bits per heavy atom. The summed E-state index contributed by atoms with van der Waals surface area (Å²) >= 11 is 0. The molecule has 10 heteroatoms. The van der Waals surface area contributed by atoms with Crippen molar-refractivity contribution in [3.8, 4) is 0 Å². The molecule has 10 nitrogen and oxygen atoms in total. The van der Waals surface area contributed by atoms with Crippen LogP contribution in [0.3, 0.4) is 0 Å². The van der Waals surface area contributed by atoms with Crippen LogP contribution >= 0.6 is 0 Å². The molecule has 0 unspecified atom stereocenters. The number of nitrogens with two attached hydrogens (primary N) is 2. The number of benzene rings is 1. The molecular formula is C19H25N7O3. The summed E-state index contributed by atoms with van der Waals surface area (Å²) in [5, 5.41) is 9.24. The number of aromatic nitrogens is 2. The fourth-order valence-electron chi connectivity index (χ4n) is 3.28. The molecule has 0 atom stereocenters. The van der Waals surface area contributed by atoms with Crippen LogP contribution in [0.5, 0.6) is 0 Å². The Labute approximate surface area is 167 Å². The minimum atomic E-state index is -0.326. The van der Waals surface area contributed by atoms with E-state index < -0.39 is 0 Å². The summed E-state index contributed by atoms with van der Waals surface area (Å²) in [5.74, 6) is -0.271. The number of hydrogen-bond acceptors (Lipinski definition) is 6. The van der Waals surface area contributed by atoms with Gasteiger partial charge in [-0.3, -0.25) is 14.2 Å². The van der Waals surface area contributed by atoms with E-state index in [0.29, 0.717) is 5.69 Å². The molecule has 0 aliphatic heterocycles. The highest BCUT2D eigenvalue weighted by Gasteiger charge is 2.22. The number of aryl methyl sites for hydroxylation is 1. The molecule has 1 amide bonds. The third-order valence-corrected chi connectivity index (χ3v) is 4.63. The third-order valence-electron chi connectivity index (χ3n) is 4.63. The first kappa shape index (κ1) is 20.2. The number of carbonyl (C=O) groups is 1. The largest absolute Gasteiger partial charge is 0.391 e. The van der Waals surface area contributed by atoms with Gasteiger partial charge in [-0.05, 0) is 36.0 Å². The van der Waals surface area contributed by atoms with Crippen LogP contribution in [-0.4, -0.2) is 40.6 Å². The van der Waals surface area contributed by atoms with E-state index in [9.17, 15) is 9.59 Å². The molecule has 0 bridgehead atoms. The van der Waals surface area contributed by atoms with Crippen LogP contribution in [0.4, 0.5) is 5.82 Å². The molecule has 0 saturated heterocycles. The van der Waals surface area contributed by atoms with Crippen LogP contribution in [0, 0.1) is 6.92 Å². The molecule has 1 aromatic carbocycles. The SMILES string of the molecule is Cc1cnc(NC2Cc3ccccc3C2)c(=O)n1CC(=O)NCCON=C(N)N. The second-order valence-electron chi connectivity index (χ2n) is 6.86. The maximum atomic E-state index is 12.8. The Morgan fingerprint density at radius 1 is 1.31 bits per heavy atom. The number of guanidine groups is 1. The van der Waals surface area contributed by atoms with E-state index in [2.05, 4.69) is 32.9 Å². The third kappa shape index (κ3) is 5.24. The Morgan fingerprint density at radius 3 is 2.66 bits per heavy atom. The van der Waals surface area contributed by atoms with Crippen molar-refractivity contribution in [2.24, 2.45) is 16.6 Å². The van der Waals surface area contributed by atoms with E-state index in [1.54, 1.807) is 13.1 Å². The average Bonchev–Trinajstić information content (AvgIpc) is 3.09. The zero-order chi connectivity index (χ0) is 20.8. The van der Waals surface area contributed by atoms with Gasteiger partial charge in [0.2, 0.25) is 11.9 Å². The first-order chi connectivity index (χ1) is 13.9. The molecule has 1 heterocycles. The van der Waals surface area contributed by atoms with Crippen molar-refractivity contribution in [1.82, 2.24) is 14.9 Å². The standard InChI is InChI=1S/C19H25N7O3/c1-12-10-23-17(24-15-8-13-4-2-3-5-14(13)9-15)18(28)26(12)11-16(27)22-6-7-29-25-19(20)21/h2-5,10,15H,6-9,11H2,1H3,(H,22,27)(H,23,24)(H4,20,21,25). The summed E-state index contributed by atoms with van der Waals surface area (Å²) in [6.45, 7) is 1.94. The Kier molecular flexibility index (Phi) is 6.32. The predicted octanol–water partition coefficient (Wildman–Crippen LogP) is -0.548. The number of nitrogens with one attached hydrogen (secondary N) is 2. The monoisotopic (exact) mass is 399 g/mol. The van der Waals surface area contributed by atoms with Gasteiger partial charge in [-0.1, -0.05) is 24.3 Å². The highest BCUT2D eigenvalue weighted by molar-refractivity contribution is 5.76. The maximum Gasteiger partial charge on any atom is 0.293 e. The number of rotatable bonds is 8. The number of amides is 1. The molecule has 6 N–H and O–H groups in total. The summed E-state index contributed by atoms with van der Waals surface area (Å²) in [6, 6.07) is 8.32. The second kappa shape index (κ2) is 9.09. The van der Waals surface area contributed by atoms with E-state index in [0.717, 1.165) is 12.8 Å². The zero-order valence-corrected chi connectivity index (χ0v) is 16.2. The van der Waals surface area contributed by atoms with Crippen LogP contribution in [0.25, 0.3) is 0 Å². The van der Waals surface area contributed by atoms with Gasteiger partial charge < -0.3 is 26.9 Å². The number of nitrogens with zero attached hydrogens (tertiary/aromatic N) is 3. The van der Waals surface area contributed by atoms with Gasteiger partial charge in [0.25, 0.3) is 5.56 Å². The van der Waals surface area contributed by atoms with Crippen molar-refractivity contribution in [3.05, 3.63) is 57.6 Å². The molecule has 1 aliphatic carbocycles. The van der Waals surface area contributed by atoms with Crippen LogP contribution in [0.15, 0.2) is 40.4 Å². The second-order valence-corrected chi connectivity index (χ2v) is 6.86. The molecule has 0 radical (unpaired) electrons. The Bertz CT molecular complexity index is 942. The molecule has 1 aliphatic rings. The van der Waals surface area contributed by atoms with Crippen molar-refractivity contribution < 1.29 is 9.63 Å². The van der Waals surface area contributed by atoms with E-state index >= 15 is 0 Å². The van der Waals surface area contributed by atoms with Crippen molar-refractivity contribution in [1.29, 1.82) is 0 Å². The van der Waals surface area contributed by atoms with Gasteiger partial charge in [0.05, 0.1) is 6.54 Å². The van der Waals surface area contributed by atoms with Crippen LogP contribution in [0.2, 0.25) is 0 Å². The lowest BCUT2D eigenvalue weighted by molar-refractivity contribution is -0.122. The fraction of sp³-hybridized carbons (Fsp3) is 0.368. The quantitative estimate of drug-likeness (QED) is 0.201. The van der Waals surface area contributed by atoms with Gasteiger partial charge in [-0.15, -0.1) is 0 Å². The summed E-state index contributed by atoms with van der Waals surface area (Å²) in [4.78, 5) is 34.0. The van der Waals surface area contributed by atoms with Gasteiger partial charge in [-0.25, -0.2) is 4.98 Å². The number of fused-ring (bicyclic) bond motifs is 1. The number of oxime groups is 1. The lowest BCUT2D eigenvalue weighted by atomic mass is 10.1. The summed E-state index contributed by atoms with van der Waals surface area (Å²) < 4.78 is 1.39. The molecule has 154 valence electrons. The highest BCUT2D eigenvalue weighted by atomic mass is 16.6. The first-order valence-electron chi connectivity index (χ1n) is 9.31. The summed E-state index contributed by atoms with van der Waals surface area (Å²) in [5.41, 5.74) is 13.1. The molecule has 29 heavy (non-hydrogen) atoms. The van der Waals surface area contributed by atoms with Gasteiger partial charge in [0.15, 0.2) is 5.82 Å². The van der Waals surface area contributed by atoms with Gasteiger partial charge in [0, 0.05) is 17.9 Å². The highest BCUT2D eigenvalue weighted by Crippen LogP contribution is 2.23. The van der Waals surface area contributed by atoms with E-state index in [4.69, 9.17) is 16.3 Å². The molecule has 0 fully saturated rings. The van der Waals surface area contributed by atoms with Crippen LogP contribution < -0.4 is 27.7 Å². The lowest BCUT2D eigenvalue weighted by Crippen LogP contribution is -2.37. The fourth-order valence-corrected chi connectivity index (χ4v) is 3.28. The normalized spacial score (nSPS) is 12.9. The molecule has 3 rings (SSSR count). The summed E-state index contributed by atoms with van der Waals surface area (Å²) in [6.07, 6.45) is 3.25. The molecular weight excluding hydrogens is 374 g/mol. The van der Waals surface area contributed by atoms with Crippen molar-refractivity contribution in [3.63, 3.8) is 0 Å². The van der Waals surface area contributed by atoms with Gasteiger partial charge in [-0.2, -0.15) is 0 Å². The Hall–Kier alpha value is -3.56. The Balaban J connectivity index is 1.60. The average molecular weight is 399 g/mol. The topological polar surface area (TPSA) is 150 Å². The molecule has 2 aromatic rings. The smallest absolute Gasteiger partial charge is 0.293 e. The van der Waals surface area contributed by atoms with Crippen molar-refractivity contribution in [2.45, 2.75) is 32.4 Å². The maximum absolute atomic E-state index is 12.8. The number of anilines is 1. The van der Waals surface area contributed by atoms with E-state index in [1.807, 2.05) is 12.1 Å². The lowest BCUT2D eigenvalue weighted by Gasteiger charge is -2.15. The van der Waals surface area contributed by atoms with Gasteiger partial charge >= 0.3 is 0 Å².